The van der Waals surface area contributed by atoms with Crippen LogP contribution >= 0.6 is 7.57 Å². The van der Waals surface area contributed by atoms with Gasteiger partial charge in [-0.05, 0) is 27.0 Å². The molecule has 0 spiro atoms. The van der Waals surface area contributed by atoms with Crippen LogP contribution in [0.5, 0.6) is 0 Å². The van der Waals surface area contributed by atoms with Crippen molar-refractivity contribution in [1.82, 2.24) is 0 Å². The number of nitrogens with zero attached hydrogens (tertiary/aromatic N) is 1. The smallest absolute Gasteiger partial charge is 0.251 e. The van der Waals surface area contributed by atoms with Gasteiger partial charge in [0, 0.05) is 21.3 Å². The van der Waals surface area contributed by atoms with Crippen LogP contribution in [0.1, 0.15) is 41.4 Å². The minimum Gasteiger partial charge on any atom is -0.379 e. The summed E-state index contributed by atoms with van der Waals surface area (Å²) in [5.74, 6) is 0. The monoisotopic (exact) mass is 376 g/mol. The van der Waals surface area contributed by atoms with Gasteiger partial charge in [-0.25, -0.2) is 0 Å². The molecule has 0 aromatic carbocycles. The number of nitriles is 1. The van der Waals surface area contributed by atoms with Crippen LogP contribution in [0, 0.1) is 11.3 Å². The Morgan fingerprint density at radius 3 is 2.64 bits per heavy atom. The molecule has 7 nitrogen and oxygen atoms in total. The van der Waals surface area contributed by atoms with E-state index in [1.54, 1.807) is 7.11 Å². The zero-order valence-corrected chi connectivity index (χ0v) is 16.2. The highest BCUT2D eigenvalue weighted by Crippen LogP contribution is 2.52. The van der Waals surface area contributed by atoms with E-state index >= 15 is 0 Å². The molecule has 0 bridgehead atoms. The molecule has 0 amide bonds. The summed E-state index contributed by atoms with van der Waals surface area (Å²) in [4.78, 5) is 0. The van der Waals surface area contributed by atoms with Crippen LogP contribution in [0.4, 0.5) is 0 Å². The van der Waals surface area contributed by atoms with Crippen molar-refractivity contribution in [1.29, 1.82) is 5.26 Å². The molecule has 144 valence electrons. The van der Waals surface area contributed by atoms with Crippen molar-refractivity contribution in [2.24, 2.45) is 0 Å². The van der Waals surface area contributed by atoms with Crippen molar-refractivity contribution in [3.05, 3.63) is 0 Å². The van der Waals surface area contributed by atoms with Gasteiger partial charge in [-0.2, -0.15) is 5.26 Å². The van der Waals surface area contributed by atoms with Gasteiger partial charge in [0.15, 0.2) is 0 Å². The molecule has 2 aliphatic heterocycles. The van der Waals surface area contributed by atoms with Crippen molar-refractivity contribution in [3.8, 4) is 6.07 Å². The van der Waals surface area contributed by atoms with Gasteiger partial charge in [0.25, 0.3) is 7.57 Å². The fourth-order valence-corrected chi connectivity index (χ4v) is 4.64. The van der Waals surface area contributed by atoms with Gasteiger partial charge in [0.2, 0.25) is 0 Å². The van der Waals surface area contributed by atoms with Crippen molar-refractivity contribution < 1.29 is 29.2 Å². The number of ether oxygens (including phenoxy) is 3. The van der Waals surface area contributed by atoms with E-state index in [0.29, 0.717) is 6.42 Å². The molecule has 0 aliphatic carbocycles. The standard InChI is InChI=1S/C17H30NO6P/c1-12-9-15(14(3)22-12)24-25(5,20-8-6-7-18)21-11-17-16(19-4)10-13(2)23-17/h12-17H,5-6,8-11H2,1-4H3/i3D. The summed E-state index contributed by atoms with van der Waals surface area (Å²) in [5.41, 5.74) is 0. The van der Waals surface area contributed by atoms with E-state index in [-0.39, 0.29) is 63.2 Å². The molecular weight excluding hydrogens is 345 g/mol. The average molecular weight is 376 g/mol. The Kier molecular flexibility index (Phi) is 7.32. The molecule has 0 aromatic rings. The summed E-state index contributed by atoms with van der Waals surface area (Å²) in [5, 5.41) is 8.76. The summed E-state index contributed by atoms with van der Waals surface area (Å²) in [6.07, 6.45) is 4.95. The van der Waals surface area contributed by atoms with Gasteiger partial charge in [0.05, 0.1) is 56.2 Å². The molecule has 0 N–H and O–H groups in total. The maximum atomic E-state index is 8.76. The van der Waals surface area contributed by atoms with Gasteiger partial charge in [0.1, 0.15) is 6.10 Å². The Morgan fingerprint density at radius 1 is 1.24 bits per heavy atom. The second-order valence-corrected chi connectivity index (χ2v) is 8.46. The van der Waals surface area contributed by atoms with Crippen molar-refractivity contribution in [3.63, 3.8) is 0 Å². The molecule has 8 heteroatoms. The normalized spacial score (nSPS) is 38.2. The van der Waals surface area contributed by atoms with Crippen LogP contribution < -0.4 is 0 Å². The first-order valence-electron chi connectivity index (χ1n) is 9.32. The Morgan fingerprint density at radius 2 is 1.96 bits per heavy atom. The van der Waals surface area contributed by atoms with E-state index in [1.807, 2.05) is 19.9 Å². The first kappa shape index (κ1) is 19.3. The molecule has 0 radical (unpaired) electrons. The summed E-state index contributed by atoms with van der Waals surface area (Å²) in [6.45, 7) is 4.46. The molecule has 2 aliphatic rings. The van der Waals surface area contributed by atoms with Crippen LogP contribution in [0.15, 0.2) is 0 Å². The van der Waals surface area contributed by atoms with Gasteiger partial charge in [-0.3, -0.25) is 0 Å². The van der Waals surface area contributed by atoms with Crippen LogP contribution in [0.2, 0.25) is 0 Å². The van der Waals surface area contributed by atoms with Crippen molar-refractivity contribution in [2.45, 2.75) is 76.6 Å². The zero-order valence-electron chi connectivity index (χ0n) is 16.3. The van der Waals surface area contributed by atoms with E-state index in [4.69, 9.17) is 34.4 Å². The Hall–Kier alpha value is -0.450. The lowest BCUT2D eigenvalue weighted by Gasteiger charge is -2.29. The third kappa shape index (κ3) is 6.04. The quantitative estimate of drug-likeness (QED) is 0.452. The van der Waals surface area contributed by atoms with Crippen LogP contribution in [0.3, 0.4) is 0 Å². The number of methoxy groups -OCH3 is 1. The van der Waals surface area contributed by atoms with Gasteiger partial charge < -0.3 is 27.8 Å². The van der Waals surface area contributed by atoms with Crippen molar-refractivity contribution >= 4 is 13.9 Å². The topological polar surface area (TPSA) is 79.2 Å². The predicted molar refractivity (Wildman–Crippen MR) is 95.4 cm³/mol. The predicted octanol–water partition coefficient (Wildman–Crippen LogP) is 2.90. The minimum atomic E-state index is -2.93. The summed E-state index contributed by atoms with van der Waals surface area (Å²) in [6, 6.07) is 2.03. The van der Waals surface area contributed by atoms with Gasteiger partial charge >= 0.3 is 0 Å². The van der Waals surface area contributed by atoms with E-state index in [2.05, 4.69) is 6.30 Å². The minimum absolute atomic E-state index is 0.0137. The maximum Gasteiger partial charge on any atom is 0.251 e. The van der Waals surface area contributed by atoms with Crippen LogP contribution in [-0.2, 0) is 27.8 Å². The summed E-state index contributed by atoms with van der Waals surface area (Å²) in [7, 11) is -1.28. The Balaban J connectivity index is 1.99. The highest BCUT2D eigenvalue weighted by Gasteiger charge is 2.38. The molecule has 2 rings (SSSR count). The molecule has 25 heavy (non-hydrogen) atoms. The molecule has 2 fully saturated rings. The molecule has 2 saturated heterocycles. The van der Waals surface area contributed by atoms with Crippen LogP contribution in [-0.4, -0.2) is 63.2 Å². The molecule has 7 unspecified atom stereocenters. The molecule has 0 aromatic heterocycles. The first-order valence-corrected chi connectivity index (χ1v) is 10.3. The van der Waals surface area contributed by atoms with Crippen molar-refractivity contribution in [2.75, 3.05) is 20.3 Å². The van der Waals surface area contributed by atoms with Crippen LogP contribution in [0.25, 0.3) is 0 Å². The zero-order chi connectivity index (χ0) is 19.2. The maximum absolute atomic E-state index is 8.76. The van der Waals surface area contributed by atoms with Gasteiger partial charge in [-0.1, -0.05) is 0 Å². The van der Waals surface area contributed by atoms with E-state index in [1.165, 1.54) is 0 Å². The number of hydrogen-bond acceptors (Lipinski definition) is 7. The number of hydrogen-bond donors (Lipinski definition) is 0. The average Bonchev–Trinajstić information content (AvgIpc) is 3.14. The SMILES string of the molecule is [2H]CC1OC(C)CC1OP(=C)(OCCC#N)OCC1OC(C)CC1OC. The molecular formula is C17H30NO6P. The molecule has 2 heterocycles. The van der Waals surface area contributed by atoms with E-state index in [0.717, 1.165) is 6.42 Å². The highest BCUT2D eigenvalue weighted by atomic mass is 31.2. The fraction of sp³-hybridized carbons (Fsp3) is 0.882. The second kappa shape index (κ2) is 9.48. The molecule has 7 atom stereocenters. The third-order valence-electron chi connectivity index (χ3n) is 4.31. The summed E-state index contributed by atoms with van der Waals surface area (Å²) >= 11 is 0. The lowest BCUT2D eigenvalue weighted by Crippen LogP contribution is -2.29. The lowest BCUT2D eigenvalue weighted by molar-refractivity contribution is -0.0332. The number of rotatable bonds is 9. The molecule has 0 saturated carbocycles. The third-order valence-corrected chi connectivity index (χ3v) is 6.02. The fourth-order valence-electron chi connectivity index (χ4n) is 3.07. The van der Waals surface area contributed by atoms with Gasteiger partial charge in [-0.15, -0.1) is 0 Å². The Labute approximate surface area is 152 Å². The van der Waals surface area contributed by atoms with E-state index < -0.39 is 7.57 Å². The second-order valence-electron chi connectivity index (χ2n) is 6.51. The first-order chi connectivity index (χ1) is 12.4. The lowest BCUT2D eigenvalue weighted by atomic mass is 10.1. The highest BCUT2D eigenvalue weighted by molar-refractivity contribution is 7.59. The van der Waals surface area contributed by atoms with E-state index in [9.17, 15) is 0 Å². The Bertz CT molecular complexity index is 530. The largest absolute Gasteiger partial charge is 0.379 e. The summed E-state index contributed by atoms with van der Waals surface area (Å²) < 4.78 is 42.4.